The number of hydrogen-bond donors (Lipinski definition) is 4. The lowest BCUT2D eigenvalue weighted by Crippen LogP contribution is -2.53. The van der Waals surface area contributed by atoms with Crippen LogP contribution < -0.4 is 25.3 Å². The first kappa shape index (κ1) is 30.1. The Morgan fingerprint density at radius 3 is 2.33 bits per heavy atom. The van der Waals surface area contributed by atoms with Crippen LogP contribution in [0.2, 0.25) is 0 Å². The first-order chi connectivity index (χ1) is 20.6. The number of hydrogen-bond acceptors (Lipinski definition) is 11. The van der Waals surface area contributed by atoms with Gasteiger partial charge in [0, 0.05) is 28.7 Å². The van der Waals surface area contributed by atoms with Crippen molar-refractivity contribution in [2.45, 2.75) is 19.1 Å². The molecule has 0 fully saturated rings. The van der Waals surface area contributed by atoms with Gasteiger partial charge in [-0.1, -0.05) is 18.2 Å². The van der Waals surface area contributed by atoms with Gasteiger partial charge < -0.3 is 25.2 Å². The summed E-state index contributed by atoms with van der Waals surface area (Å²) in [7, 11) is 6.43. The van der Waals surface area contributed by atoms with Crippen LogP contribution >= 0.6 is 11.3 Å². The second kappa shape index (κ2) is 12.4. The quantitative estimate of drug-likeness (QED) is 0.215. The number of fused-ring (bicyclic) bond motifs is 1. The standard InChI is InChI=1S/C28H29F2N7O5S/c1-35(2)14-17-22-25(38)36(20-12-13-21(41-3)33-32-20)28(40)37(23-18(29)6-5-7-19(23)30)26(22)43-24(17)15-8-10-16(11-9-15)31-27(39)34-42-4/h5-13,25,28,38,40H,14H2,1-4H3,(H2,31,34,39). The van der Waals surface area contributed by atoms with Gasteiger partial charge in [0.25, 0.3) is 0 Å². The highest BCUT2D eigenvalue weighted by atomic mass is 32.1. The zero-order valence-corrected chi connectivity index (χ0v) is 24.4. The number of methoxy groups -OCH3 is 1. The van der Waals surface area contributed by atoms with E-state index in [0.29, 0.717) is 33.8 Å². The molecule has 2 aromatic heterocycles. The highest BCUT2D eigenvalue weighted by molar-refractivity contribution is 7.20. The second-order valence-electron chi connectivity index (χ2n) is 9.71. The van der Waals surface area contributed by atoms with Gasteiger partial charge in [-0.3, -0.25) is 14.6 Å². The van der Waals surface area contributed by atoms with E-state index in [-0.39, 0.29) is 16.7 Å². The number of benzene rings is 2. The van der Waals surface area contributed by atoms with Crippen molar-refractivity contribution in [3.63, 3.8) is 0 Å². The summed E-state index contributed by atoms with van der Waals surface area (Å²) in [5.41, 5.74) is 3.87. The minimum Gasteiger partial charge on any atom is -0.480 e. The summed E-state index contributed by atoms with van der Waals surface area (Å²) in [6.45, 7) is 0.334. The third kappa shape index (κ3) is 5.80. The van der Waals surface area contributed by atoms with E-state index in [1.54, 1.807) is 24.3 Å². The normalized spacial score (nSPS) is 16.3. The fourth-order valence-electron chi connectivity index (χ4n) is 4.80. The molecule has 5 rings (SSSR count). The van der Waals surface area contributed by atoms with Crippen molar-refractivity contribution < 1.29 is 33.4 Å². The summed E-state index contributed by atoms with van der Waals surface area (Å²) in [6.07, 6.45) is -3.25. The lowest BCUT2D eigenvalue weighted by molar-refractivity contribution is 0.0760. The van der Waals surface area contributed by atoms with Gasteiger partial charge in [0.05, 0.1) is 14.2 Å². The number of rotatable bonds is 8. The Morgan fingerprint density at radius 2 is 1.74 bits per heavy atom. The van der Waals surface area contributed by atoms with Crippen LogP contribution in [0, 0.1) is 11.6 Å². The lowest BCUT2D eigenvalue weighted by Gasteiger charge is -2.44. The number of halogens is 2. The maximum Gasteiger partial charge on any atom is 0.343 e. The Balaban J connectivity index is 1.70. The Labute approximate surface area is 249 Å². The molecule has 1 aliphatic heterocycles. The van der Waals surface area contributed by atoms with Crippen LogP contribution in [0.1, 0.15) is 17.4 Å². The first-order valence-electron chi connectivity index (χ1n) is 12.9. The van der Waals surface area contributed by atoms with Gasteiger partial charge in [-0.05, 0) is 55.6 Å². The van der Waals surface area contributed by atoms with E-state index >= 15 is 8.78 Å². The summed E-state index contributed by atoms with van der Waals surface area (Å²) in [5.74, 6) is -1.57. The van der Waals surface area contributed by atoms with Crippen molar-refractivity contribution in [3.8, 4) is 16.3 Å². The summed E-state index contributed by atoms with van der Waals surface area (Å²) >= 11 is 1.16. The lowest BCUT2D eigenvalue weighted by atomic mass is 10.0. The van der Waals surface area contributed by atoms with Crippen LogP contribution in [-0.2, 0) is 11.4 Å². The smallest absolute Gasteiger partial charge is 0.343 e. The molecule has 2 unspecified atom stereocenters. The third-order valence-electron chi connectivity index (χ3n) is 6.60. The van der Waals surface area contributed by atoms with Crippen molar-refractivity contribution in [1.82, 2.24) is 20.6 Å². The van der Waals surface area contributed by atoms with Crippen LogP contribution in [0.5, 0.6) is 5.88 Å². The fraction of sp³-hybridized carbons (Fsp3) is 0.250. The summed E-state index contributed by atoms with van der Waals surface area (Å²) in [4.78, 5) is 21.3. The van der Waals surface area contributed by atoms with Gasteiger partial charge >= 0.3 is 6.03 Å². The molecule has 4 N–H and O–H groups in total. The summed E-state index contributed by atoms with van der Waals surface area (Å²) < 4.78 is 35.7. The Hall–Kier alpha value is -4.41. The number of aliphatic hydroxyl groups excluding tert-OH is 2. The van der Waals surface area contributed by atoms with E-state index in [0.717, 1.165) is 33.3 Å². The average molecular weight is 614 g/mol. The summed E-state index contributed by atoms with van der Waals surface area (Å²) in [6, 6.07) is 12.7. The number of carbonyl (C=O) groups is 1. The molecule has 2 amide bonds. The van der Waals surface area contributed by atoms with E-state index in [1.165, 1.54) is 32.4 Å². The van der Waals surface area contributed by atoms with Crippen LogP contribution in [-0.4, -0.2) is 66.0 Å². The molecule has 12 nitrogen and oxygen atoms in total. The number of aliphatic hydroxyl groups is 2. The highest BCUT2D eigenvalue weighted by Crippen LogP contribution is 2.53. The molecule has 0 aliphatic carbocycles. The highest BCUT2D eigenvalue weighted by Gasteiger charge is 2.44. The fourth-order valence-corrected chi connectivity index (χ4v) is 6.17. The molecule has 2 atom stereocenters. The number of urea groups is 1. The molecule has 3 heterocycles. The Morgan fingerprint density at radius 1 is 1.05 bits per heavy atom. The van der Waals surface area contributed by atoms with Gasteiger partial charge in [-0.25, -0.2) is 19.1 Å². The van der Waals surface area contributed by atoms with Gasteiger partial charge in [0.1, 0.15) is 22.3 Å². The molecule has 0 radical (unpaired) electrons. The minimum atomic E-state index is -1.78. The molecule has 0 saturated heterocycles. The monoisotopic (exact) mass is 613 g/mol. The van der Waals surface area contributed by atoms with Crippen molar-refractivity contribution in [2.24, 2.45) is 0 Å². The topological polar surface area (TPSA) is 136 Å². The maximum absolute atomic E-state index is 15.3. The molecular formula is C28H29F2N7O5S. The van der Waals surface area contributed by atoms with E-state index in [1.807, 2.05) is 19.0 Å². The molecule has 4 aromatic rings. The van der Waals surface area contributed by atoms with Gasteiger partial charge in [0.15, 0.2) is 12.0 Å². The molecule has 0 bridgehead atoms. The molecular weight excluding hydrogens is 584 g/mol. The largest absolute Gasteiger partial charge is 0.480 e. The number of para-hydroxylation sites is 1. The number of nitrogens with zero attached hydrogens (tertiary/aromatic N) is 5. The van der Waals surface area contributed by atoms with Crippen molar-refractivity contribution in [1.29, 1.82) is 0 Å². The summed E-state index contributed by atoms with van der Waals surface area (Å²) in [5, 5.41) is 34.3. The molecule has 1 aliphatic rings. The maximum atomic E-state index is 15.3. The number of anilines is 4. The zero-order valence-electron chi connectivity index (χ0n) is 23.6. The minimum absolute atomic E-state index is 0.0431. The number of hydroxylamine groups is 1. The van der Waals surface area contributed by atoms with Gasteiger partial charge in [0.2, 0.25) is 12.2 Å². The van der Waals surface area contributed by atoms with E-state index < -0.39 is 35.9 Å². The first-order valence-corrected chi connectivity index (χ1v) is 13.7. The van der Waals surface area contributed by atoms with Crippen LogP contribution in [0.15, 0.2) is 54.6 Å². The zero-order chi connectivity index (χ0) is 30.8. The Kier molecular flexibility index (Phi) is 8.70. The van der Waals surface area contributed by atoms with Gasteiger partial charge in [-0.2, -0.15) is 0 Å². The number of ether oxygens (including phenoxy) is 1. The Bertz CT molecular complexity index is 1580. The number of amides is 2. The molecule has 0 spiro atoms. The molecule has 2 aromatic carbocycles. The SMILES string of the molecule is CONC(=O)Nc1ccc(-c2sc3c(c2CN(C)C)C(O)N(c2ccc(OC)nn2)C(O)N3c2c(F)cccc2F)cc1. The van der Waals surface area contributed by atoms with E-state index in [4.69, 9.17) is 4.74 Å². The number of aromatic nitrogens is 2. The molecule has 0 saturated carbocycles. The van der Waals surface area contributed by atoms with Crippen LogP contribution in [0.25, 0.3) is 10.4 Å². The molecule has 226 valence electrons. The van der Waals surface area contributed by atoms with E-state index in [9.17, 15) is 15.0 Å². The van der Waals surface area contributed by atoms with Gasteiger partial charge in [-0.15, -0.1) is 21.5 Å². The molecule has 15 heteroatoms. The third-order valence-corrected chi connectivity index (χ3v) is 7.90. The molecule has 43 heavy (non-hydrogen) atoms. The number of nitrogens with one attached hydrogen (secondary N) is 2. The second-order valence-corrected chi connectivity index (χ2v) is 10.7. The predicted octanol–water partition coefficient (Wildman–Crippen LogP) is 4.16. The number of thiophene rings is 1. The van der Waals surface area contributed by atoms with Crippen molar-refractivity contribution in [2.75, 3.05) is 43.4 Å². The van der Waals surface area contributed by atoms with Crippen molar-refractivity contribution in [3.05, 3.63) is 77.4 Å². The average Bonchev–Trinajstić information content (AvgIpc) is 3.33. The number of carbonyl (C=O) groups excluding carboxylic acids is 1. The predicted molar refractivity (Wildman–Crippen MR) is 157 cm³/mol. The van der Waals surface area contributed by atoms with Crippen LogP contribution in [0.4, 0.5) is 35.8 Å². The van der Waals surface area contributed by atoms with Crippen LogP contribution in [0.3, 0.4) is 0 Å². The van der Waals surface area contributed by atoms with Crippen molar-refractivity contribution >= 4 is 39.6 Å². The van der Waals surface area contributed by atoms with E-state index in [2.05, 4.69) is 25.8 Å².